The van der Waals surface area contributed by atoms with Gasteiger partial charge in [0.2, 0.25) is 11.2 Å². The van der Waals surface area contributed by atoms with Crippen LogP contribution in [-0.2, 0) is 14.3 Å². The van der Waals surface area contributed by atoms with Crippen LogP contribution in [0.2, 0.25) is 0 Å². The summed E-state index contributed by atoms with van der Waals surface area (Å²) >= 11 is 0. The monoisotopic (exact) mass is 424 g/mol. The summed E-state index contributed by atoms with van der Waals surface area (Å²) in [5, 5.41) is 0.276. The van der Waals surface area contributed by atoms with Crippen molar-refractivity contribution < 1.29 is 33.0 Å². The third-order valence-electron chi connectivity index (χ3n) is 4.72. The number of hydrogen-bond acceptors (Lipinski definition) is 8. The SMILES string of the molecule is CCOC(=O)c1ccc(Oc2coc3cc(OC(=O)C4CCCO4)ccc3c2=O)cc1. The van der Waals surface area contributed by atoms with Crippen LogP contribution in [0.25, 0.3) is 11.0 Å². The summed E-state index contributed by atoms with van der Waals surface area (Å²) < 4.78 is 26.7. The van der Waals surface area contributed by atoms with Crippen LogP contribution in [0, 0.1) is 0 Å². The molecule has 0 N–H and O–H groups in total. The van der Waals surface area contributed by atoms with E-state index in [1.807, 2.05) is 0 Å². The molecule has 0 bridgehead atoms. The second kappa shape index (κ2) is 9.01. The normalized spacial score (nSPS) is 15.6. The highest BCUT2D eigenvalue weighted by molar-refractivity contribution is 5.89. The maximum absolute atomic E-state index is 12.7. The Balaban J connectivity index is 1.50. The van der Waals surface area contributed by atoms with Gasteiger partial charge in [-0.05, 0) is 56.2 Å². The lowest BCUT2D eigenvalue weighted by Gasteiger charge is -2.10. The minimum atomic E-state index is -0.561. The van der Waals surface area contributed by atoms with E-state index in [0.717, 1.165) is 6.42 Å². The molecule has 8 heteroatoms. The Hall–Kier alpha value is -3.65. The molecule has 0 saturated carbocycles. The first-order chi connectivity index (χ1) is 15.0. The Kier molecular flexibility index (Phi) is 5.99. The zero-order valence-electron chi connectivity index (χ0n) is 16.8. The van der Waals surface area contributed by atoms with Gasteiger partial charge in [0.1, 0.15) is 23.3 Å². The molecule has 1 aromatic heterocycles. The highest BCUT2D eigenvalue weighted by Gasteiger charge is 2.25. The highest BCUT2D eigenvalue weighted by Crippen LogP contribution is 2.25. The molecule has 160 valence electrons. The summed E-state index contributed by atoms with van der Waals surface area (Å²) in [5.41, 5.74) is 0.255. The van der Waals surface area contributed by atoms with Gasteiger partial charge >= 0.3 is 11.9 Å². The van der Waals surface area contributed by atoms with Crippen LogP contribution in [0.15, 0.2) is 57.9 Å². The molecule has 1 saturated heterocycles. The molecule has 3 aromatic rings. The van der Waals surface area contributed by atoms with Crippen LogP contribution >= 0.6 is 0 Å². The van der Waals surface area contributed by atoms with Gasteiger partial charge in [-0.15, -0.1) is 0 Å². The van der Waals surface area contributed by atoms with Crippen LogP contribution < -0.4 is 14.9 Å². The molecule has 0 aliphatic carbocycles. The quantitative estimate of drug-likeness (QED) is 0.434. The molecule has 0 radical (unpaired) electrons. The van der Waals surface area contributed by atoms with Gasteiger partial charge in [0.25, 0.3) is 0 Å². The zero-order valence-corrected chi connectivity index (χ0v) is 16.8. The van der Waals surface area contributed by atoms with Crippen molar-refractivity contribution >= 4 is 22.9 Å². The Morgan fingerprint density at radius 3 is 2.58 bits per heavy atom. The van der Waals surface area contributed by atoms with Crippen molar-refractivity contribution in [2.75, 3.05) is 13.2 Å². The van der Waals surface area contributed by atoms with Crippen molar-refractivity contribution in [2.24, 2.45) is 0 Å². The summed E-state index contributed by atoms with van der Waals surface area (Å²) in [6, 6.07) is 10.7. The van der Waals surface area contributed by atoms with Gasteiger partial charge in [0.05, 0.1) is 17.6 Å². The summed E-state index contributed by atoms with van der Waals surface area (Å²) in [5.74, 6) is -0.289. The van der Waals surface area contributed by atoms with Crippen LogP contribution in [0.5, 0.6) is 17.2 Å². The number of carbonyl (C=O) groups excluding carboxylic acids is 2. The van der Waals surface area contributed by atoms with Gasteiger partial charge < -0.3 is 23.4 Å². The second-order valence-electron chi connectivity index (χ2n) is 6.86. The number of ether oxygens (including phenoxy) is 4. The maximum Gasteiger partial charge on any atom is 0.340 e. The topological polar surface area (TPSA) is 101 Å². The summed E-state index contributed by atoms with van der Waals surface area (Å²) in [4.78, 5) is 36.6. The van der Waals surface area contributed by atoms with Crippen molar-refractivity contribution in [3.8, 4) is 17.2 Å². The third kappa shape index (κ3) is 4.59. The van der Waals surface area contributed by atoms with E-state index in [0.29, 0.717) is 24.3 Å². The number of hydrogen-bond donors (Lipinski definition) is 0. The largest absolute Gasteiger partial charge is 0.462 e. The average Bonchev–Trinajstić information content (AvgIpc) is 3.32. The first kappa shape index (κ1) is 20.6. The zero-order chi connectivity index (χ0) is 21.8. The first-order valence-electron chi connectivity index (χ1n) is 9.89. The molecular formula is C23H20O8. The molecule has 1 fully saturated rings. The average molecular weight is 424 g/mol. The molecule has 1 aliphatic rings. The fourth-order valence-electron chi connectivity index (χ4n) is 3.17. The van der Waals surface area contributed by atoms with Crippen molar-refractivity contribution in [3.63, 3.8) is 0 Å². The van der Waals surface area contributed by atoms with E-state index in [1.165, 1.54) is 24.5 Å². The standard InChI is InChI=1S/C23H20O8/c1-2-27-22(25)14-5-7-15(8-6-14)30-20-13-29-19-12-16(9-10-17(19)21(20)24)31-23(26)18-4-3-11-28-18/h5-10,12-13,18H,2-4,11H2,1H3. The van der Waals surface area contributed by atoms with Gasteiger partial charge in [0, 0.05) is 12.7 Å². The van der Waals surface area contributed by atoms with Crippen molar-refractivity contribution in [3.05, 3.63) is 64.5 Å². The smallest absolute Gasteiger partial charge is 0.340 e. The van der Waals surface area contributed by atoms with E-state index >= 15 is 0 Å². The minimum absolute atomic E-state index is 0.0134. The van der Waals surface area contributed by atoms with Crippen molar-refractivity contribution in [2.45, 2.75) is 25.9 Å². The predicted octanol–water partition coefficient (Wildman–Crippen LogP) is 3.85. The summed E-state index contributed by atoms with van der Waals surface area (Å²) in [6.07, 6.45) is 2.08. The van der Waals surface area contributed by atoms with Crippen LogP contribution in [-0.4, -0.2) is 31.3 Å². The fraction of sp³-hybridized carbons (Fsp3) is 0.261. The summed E-state index contributed by atoms with van der Waals surface area (Å²) in [7, 11) is 0. The molecule has 2 aromatic carbocycles. The molecule has 4 rings (SSSR count). The van der Waals surface area contributed by atoms with Gasteiger partial charge in [-0.3, -0.25) is 4.79 Å². The maximum atomic E-state index is 12.7. The number of benzene rings is 2. The van der Waals surface area contributed by atoms with E-state index in [1.54, 1.807) is 31.2 Å². The van der Waals surface area contributed by atoms with E-state index in [9.17, 15) is 14.4 Å². The van der Waals surface area contributed by atoms with E-state index < -0.39 is 18.0 Å². The third-order valence-corrected chi connectivity index (χ3v) is 4.72. The summed E-state index contributed by atoms with van der Waals surface area (Å²) in [6.45, 7) is 2.55. The lowest BCUT2D eigenvalue weighted by molar-refractivity contribution is -0.144. The fourth-order valence-corrected chi connectivity index (χ4v) is 3.17. The Labute approximate surface area is 177 Å². The molecule has 1 unspecified atom stereocenters. The minimum Gasteiger partial charge on any atom is -0.462 e. The molecule has 0 amide bonds. The van der Waals surface area contributed by atoms with Crippen molar-refractivity contribution in [1.82, 2.24) is 0 Å². The molecule has 31 heavy (non-hydrogen) atoms. The number of fused-ring (bicyclic) bond motifs is 1. The van der Waals surface area contributed by atoms with E-state index in [-0.39, 0.29) is 34.5 Å². The van der Waals surface area contributed by atoms with Crippen LogP contribution in [0.4, 0.5) is 0 Å². The van der Waals surface area contributed by atoms with E-state index in [4.69, 9.17) is 23.4 Å². The lowest BCUT2D eigenvalue weighted by atomic mass is 10.2. The number of rotatable bonds is 6. The molecule has 1 aliphatic heterocycles. The lowest BCUT2D eigenvalue weighted by Crippen LogP contribution is -2.24. The predicted molar refractivity (Wildman–Crippen MR) is 110 cm³/mol. The highest BCUT2D eigenvalue weighted by atomic mass is 16.6. The van der Waals surface area contributed by atoms with Crippen molar-refractivity contribution in [1.29, 1.82) is 0 Å². The molecular weight excluding hydrogens is 404 g/mol. The number of esters is 2. The van der Waals surface area contributed by atoms with Gasteiger partial charge in [-0.25, -0.2) is 9.59 Å². The second-order valence-corrected chi connectivity index (χ2v) is 6.86. The van der Waals surface area contributed by atoms with Crippen LogP contribution in [0.1, 0.15) is 30.1 Å². The Morgan fingerprint density at radius 1 is 1.10 bits per heavy atom. The molecule has 2 heterocycles. The van der Waals surface area contributed by atoms with Crippen LogP contribution in [0.3, 0.4) is 0 Å². The van der Waals surface area contributed by atoms with Gasteiger partial charge in [-0.2, -0.15) is 0 Å². The molecule has 1 atom stereocenters. The molecule has 0 spiro atoms. The Morgan fingerprint density at radius 2 is 1.87 bits per heavy atom. The van der Waals surface area contributed by atoms with Gasteiger partial charge in [0.15, 0.2) is 6.10 Å². The van der Waals surface area contributed by atoms with E-state index in [2.05, 4.69) is 0 Å². The first-order valence-corrected chi connectivity index (χ1v) is 9.89. The Bertz CT molecular complexity index is 1160. The molecule has 8 nitrogen and oxygen atoms in total. The van der Waals surface area contributed by atoms with Gasteiger partial charge in [-0.1, -0.05) is 0 Å². The number of carbonyl (C=O) groups is 2.